The molecule has 0 aromatic heterocycles. The minimum Gasteiger partial charge on any atom is -0.488 e. The standard InChI is InChI=1S/C25H20N4O5/c1-17-6-8-18(9-7-17)16-34-25-13-10-19-4-2-3-5-21(19)22(25)15-26-27-23-12-11-20(28(30)31)14-24(23)29(32)33/h2-15,27H,16H2,1H3/b26-15+. The Morgan fingerprint density at radius 1 is 0.941 bits per heavy atom. The Morgan fingerprint density at radius 2 is 1.71 bits per heavy atom. The summed E-state index contributed by atoms with van der Waals surface area (Å²) >= 11 is 0. The highest BCUT2D eigenvalue weighted by Gasteiger charge is 2.19. The van der Waals surface area contributed by atoms with Crippen LogP contribution in [0.25, 0.3) is 10.8 Å². The van der Waals surface area contributed by atoms with Gasteiger partial charge in [-0.25, -0.2) is 0 Å². The van der Waals surface area contributed by atoms with Gasteiger partial charge >= 0.3 is 5.69 Å². The van der Waals surface area contributed by atoms with Crippen molar-refractivity contribution in [1.82, 2.24) is 0 Å². The summed E-state index contributed by atoms with van der Waals surface area (Å²) in [7, 11) is 0. The van der Waals surface area contributed by atoms with Gasteiger partial charge < -0.3 is 4.74 Å². The summed E-state index contributed by atoms with van der Waals surface area (Å²) in [6, 6.07) is 22.9. The van der Waals surface area contributed by atoms with Crippen molar-refractivity contribution in [2.45, 2.75) is 13.5 Å². The van der Waals surface area contributed by atoms with E-state index in [-0.39, 0.29) is 11.4 Å². The Hall–Kier alpha value is -4.79. The number of nitro groups is 2. The molecule has 0 amide bonds. The lowest BCUT2D eigenvalue weighted by Crippen LogP contribution is -2.01. The molecule has 0 radical (unpaired) electrons. The molecule has 0 aliphatic carbocycles. The number of hydrazone groups is 1. The molecule has 4 rings (SSSR count). The lowest BCUT2D eigenvalue weighted by Gasteiger charge is -2.12. The SMILES string of the molecule is Cc1ccc(COc2ccc3ccccc3c2/C=N/Nc2ccc([N+](=O)[O-])cc2[N+](=O)[O-])cc1. The summed E-state index contributed by atoms with van der Waals surface area (Å²) in [4.78, 5) is 20.9. The van der Waals surface area contributed by atoms with Crippen molar-refractivity contribution >= 4 is 34.0 Å². The van der Waals surface area contributed by atoms with E-state index in [1.807, 2.05) is 67.6 Å². The number of non-ortho nitro benzene ring substituents is 1. The lowest BCUT2D eigenvalue weighted by molar-refractivity contribution is -0.393. The molecule has 1 N–H and O–H groups in total. The van der Waals surface area contributed by atoms with E-state index in [4.69, 9.17) is 4.74 Å². The van der Waals surface area contributed by atoms with Crippen LogP contribution in [0.4, 0.5) is 17.1 Å². The molecular formula is C25H20N4O5. The molecule has 0 atom stereocenters. The van der Waals surface area contributed by atoms with Gasteiger partial charge in [0, 0.05) is 11.6 Å². The molecule has 170 valence electrons. The van der Waals surface area contributed by atoms with E-state index in [0.29, 0.717) is 17.9 Å². The molecule has 0 bridgehead atoms. The molecule has 34 heavy (non-hydrogen) atoms. The zero-order valence-electron chi connectivity index (χ0n) is 18.2. The third kappa shape index (κ3) is 4.99. The number of hydrogen-bond acceptors (Lipinski definition) is 7. The first-order valence-corrected chi connectivity index (χ1v) is 10.3. The number of ether oxygens (including phenoxy) is 1. The maximum Gasteiger partial charge on any atom is 0.301 e. The minimum atomic E-state index is -0.696. The van der Waals surface area contributed by atoms with Gasteiger partial charge in [-0.1, -0.05) is 60.2 Å². The van der Waals surface area contributed by atoms with Crippen molar-refractivity contribution < 1.29 is 14.6 Å². The van der Waals surface area contributed by atoms with Crippen molar-refractivity contribution in [3.63, 3.8) is 0 Å². The topological polar surface area (TPSA) is 120 Å². The van der Waals surface area contributed by atoms with E-state index in [0.717, 1.165) is 28.0 Å². The second-order valence-corrected chi connectivity index (χ2v) is 7.56. The molecule has 9 nitrogen and oxygen atoms in total. The summed E-state index contributed by atoms with van der Waals surface area (Å²) < 4.78 is 6.08. The number of aryl methyl sites for hydroxylation is 1. The van der Waals surface area contributed by atoms with E-state index < -0.39 is 15.5 Å². The zero-order chi connectivity index (χ0) is 24.1. The van der Waals surface area contributed by atoms with Crippen molar-refractivity contribution in [2.24, 2.45) is 5.10 Å². The molecule has 0 heterocycles. The number of nitrogens with one attached hydrogen (secondary N) is 1. The number of hydrogen-bond donors (Lipinski definition) is 1. The van der Waals surface area contributed by atoms with Crippen LogP contribution in [0.3, 0.4) is 0 Å². The Kier molecular flexibility index (Phi) is 6.45. The fourth-order valence-corrected chi connectivity index (χ4v) is 3.43. The smallest absolute Gasteiger partial charge is 0.301 e. The second kappa shape index (κ2) is 9.78. The third-order valence-corrected chi connectivity index (χ3v) is 5.21. The average Bonchev–Trinajstić information content (AvgIpc) is 2.84. The van der Waals surface area contributed by atoms with Crippen molar-refractivity contribution in [3.8, 4) is 5.75 Å². The largest absolute Gasteiger partial charge is 0.488 e. The fourth-order valence-electron chi connectivity index (χ4n) is 3.43. The van der Waals surface area contributed by atoms with E-state index in [9.17, 15) is 20.2 Å². The minimum absolute atomic E-state index is 0.0363. The predicted molar refractivity (Wildman–Crippen MR) is 130 cm³/mol. The van der Waals surface area contributed by atoms with E-state index >= 15 is 0 Å². The molecule has 4 aromatic carbocycles. The molecule has 0 spiro atoms. The zero-order valence-corrected chi connectivity index (χ0v) is 18.2. The Balaban J connectivity index is 1.64. The number of nitrogens with zero attached hydrogens (tertiary/aromatic N) is 3. The maximum atomic E-state index is 11.4. The van der Waals surface area contributed by atoms with Crippen LogP contribution in [0.5, 0.6) is 5.75 Å². The first-order chi connectivity index (χ1) is 16.4. The summed E-state index contributed by atoms with van der Waals surface area (Å²) in [5.74, 6) is 0.600. The van der Waals surface area contributed by atoms with Crippen LogP contribution >= 0.6 is 0 Å². The number of benzene rings is 4. The van der Waals surface area contributed by atoms with Gasteiger partial charge in [-0.15, -0.1) is 0 Å². The van der Waals surface area contributed by atoms with E-state index in [1.165, 1.54) is 18.3 Å². The number of anilines is 1. The average molecular weight is 456 g/mol. The van der Waals surface area contributed by atoms with Crippen molar-refractivity contribution in [1.29, 1.82) is 0 Å². The Morgan fingerprint density at radius 3 is 2.44 bits per heavy atom. The second-order valence-electron chi connectivity index (χ2n) is 7.56. The van der Waals surface area contributed by atoms with Gasteiger partial charge in [0.05, 0.1) is 22.1 Å². The molecule has 0 fully saturated rings. The summed E-state index contributed by atoms with van der Waals surface area (Å²) in [5.41, 5.74) is 4.72. The first kappa shape index (κ1) is 22.4. The fraction of sp³-hybridized carbons (Fsp3) is 0.0800. The van der Waals surface area contributed by atoms with Crippen LogP contribution in [0.1, 0.15) is 16.7 Å². The normalized spacial score (nSPS) is 11.0. The van der Waals surface area contributed by atoms with Crippen LogP contribution in [-0.2, 0) is 6.61 Å². The molecule has 9 heteroatoms. The quantitative estimate of drug-likeness (QED) is 0.198. The molecular weight excluding hydrogens is 436 g/mol. The Labute approximate surface area is 194 Å². The van der Waals surface area contributed by atoms with Gasteiger partial charge in [0.1, 0.15) is 18.0 Å². The maximum absolute atomic E-state index is 11.4. The highest BCUT2D eigenvalue weighted by atomic mass is 16.6. The lowest BCUT2D eigenvalue weighted by atomic mass is 10.0. The first-order valence-electron chi connectivity index (χ1n) is 10.3. The molecule has 0 aliphatic heterocycles. The third-order valence-electron chi connectivity index (χ3n) is 5.21. The van der Waals surface area contributed by atoms with Gasteiger partial charge in [-0.2, -0.15) is 5.10 Å². The van der Waals surface area contributed by atoms with Crippen molar-refractivity contribution in [2.75, 3.05) is 5.43 Å². The van der Waals surface area contributed by atoms with Gasteiger partial charge in [-0.3, -0.25) is 25.7 Å². The van der Waals surface area contributed by atoms with Crippen LogP contribution in [-0.4, -0.2) is 16.1 Å². The monoisotopic (exact) mass is 456 g/mol. The summed E-state index contributed by atoms with van der Waals surface area (Å²) in [5, 5.41) is 28.4. The van der Waals surface area contributed by atoms with Gasteiger partial charge in [-0.05, 0) is 35.4 Å². The van der Waals surface area contributed by atoms with Gasteiger partial charge in [0.15, 0.2) is 0 Å². The van der Waals surface area contributed by atoms with Gasteiger partial charge in [0.25, 0.3) is 5.69 Å². The molecule has 0 aliphatic rings. The summed E-state index contributed by atoms with van der Waals surface area (Å²) in [6.45, 7) is 2.38. The number of nitro benzene ring substituents is 2. The van der Waals surface area contributed by atoms with Crippen LogP contribution in [0.2, 0.25) is 0 Å². The highest BCUT2D eigenvalue weighted by molar-refractivity contribution is 6.02. The van der Waals surface area contributed by atoms with Crippen LogP contribution < -0.4 is 10.2 Å². The van der Waals surface area contributed by atoms with Crippen LogP contribution in [0, 0.1) is 27.2 Å². The summed E-state index contributed by atoms with van der Waals surface area (Å²) in [6.07, 6.45) is 1.53. The Bertz CT molecular complexity index is 1400. The molecule has 0 saturated heterocycles. The van der Waals surface area contributed by atoms with E-state index in [2.05, 4.69) is 10.5 Å². The predicted octanol–water partition coefficient (Wildman–Crippen LogP) is 5.99. The highest BCUT2D eigenvalue weighted by Crippen LogP contribution is 2.30. The van der Waals surface area contributed by atoms with Gasteiger partial charge in [0.2, 0.25) is 0 Å². The number of rotatable bonds is 8. The molecule has 4 aromatic rings. The number of fused-ring (bicyclic) bond motifs is 1. The van der Waals surface area contributed by atoms with Crippen molar-refractivity contribution in [3.05, 3.63) is 116 Å². The van der Waals surface area contributed by atoms with E-state index in [1.54, 1.807) is 0 Å². The molecule has 0 unspecified atom stereocenters. The molecule has 0 saturated carbocycles. The van der Waals surface area contributed by atoms with Crippen LogP contribution in [0.15, 0.2) is 84.0 Å².